The minimum atomic E-state index is -3.92. The Kier molecular flexibility index (Phi) is 6.97. The minimum Gasteiger partial charge on any atom is -0.349 e. The lowest BCUT2D eigenvalue weighted by Gasteiger charge is -2.19. The SMILES string of the molecule is CCc1ccc(N/C(SC)=C(\C#N)S(=O)(=O)c2ccc(C(C)(C)C)cc2)cc1. The second-order valence-corrected chi connectivity index (χ2v) is 10.1. The molecule has 2 aromatic rings. The van der Waals surface area contributed by atoms with Crippen LogP contribution < -0.4 is 5.32 Å². The molecule has 0 fully saturated rings. The average molecular weight is 415 g/mol. The molecule has 6 heteroatoms. The zero-order valence-electron chi connectivity index (χ0n) is 16.9. The predicted octanol–water partition coefficient (Wildman–Crippen LogP) is 5.49. The molecule has 0 amide bonds. The van der Waals surface area contributed by atoms with E-state index in [4.69, 9.17) is 0 Å². The topological polar surface area (TPSA) is 70.0 Å². The van der Waals surface area contributed by atoms with Gasteiger partial charge >= 0.3 is 0 Å². The van der Waals surface area contributed by atoms with Crippen LogP contribution in [0.25, 0.3) is 0 Å². The zero-order chi connectivity index (χ0) is 20.9. The largest absolute Gasteiger partial charge is 0.349 e. The molecule has 0 spiro atoms. The van der Waals surface area contributed by atoms with E-state index in [1.165, 1.54) is 17.3 Å². The van der Waals surface area contributed by atoms with Crippen molar-refractivity contribution in [1.82, 2.24) is 0 Å². The molecule has 0 aromatic heterocycles. The van der Waals surface area contributed by atoms with E-state index in [2.05, 4.69) is 33.0 Å². The van der Waals surface area contributed by atoms with E-state index >= 15 is 0 Å². The summed E-state index contributed by atoms with van der Waals surface area (Å²) in [6, 6.07) is 16.4. The fraction of sp³-hybridized carbons (Fsp3) is 0.318. The number of anilines is 1. The summed E-state index contributed by atoms with van der Waals surface area (Å²) < 4.78 is 26.2. The van der Waals surface area contributed by atoms with Crippen LogP contribution in [0.3, 0.4) is 0 Å². The second-order valence-electron chi connectivity index (χ2n) is 7.43. The molecule has 0 saturated heterocycles. The van der Waals surface area contributed by atoms with Crippen molar-refractivity contribution >= 4 is 27.3 Å². The van der Waals surface area contributed by atoms with E-state index in [9.17, 15) is 13.7 Å². The Balaban J connectivity index is 2.44. The number of nitrogens with one attached hydrogen (secondary N) is 1. The minimum absolute atomic E-state index is 0.0766. The zero-order valence-corrected chi connectivity index (χ0v) is 18.5. The highest BCUT2D eigenvalue weighted by atomic mass is 32.2. The van der Waals surface area contributed by atoms with E-state index in [1.807, 2.05) is 30.3 Å². The van der Waals surface area contributed by atoms with Crippen LogP contribution in [0.1, 0.15) is 38.8 Å². The van der Waals surface area contributed by atoms with Gasteiger partial charge in [-0.25, -0.2) is 8.42 Å². The van der Waals surface area contributed by atoms with Gasteiger partial charge in [0.2, 0.25) is 9.84 Å². The number of hydrogen-bond donors (Lipinski definition) is 1. The molecule has 0 aliphatic heterocycles. The van der Waals surface area contributed by atoms with Crippen molar-refractivity contribution in [1.29, 1.82) is 5.26 Å². The summed E-state index contributed by atoms with van der Waals surface area (Å²) in [6.45, 7) is 8.27. The molecule has 0 saturated carbocycles. The lowest BCUT2D eigenvalue weighted by molar-refractivity contribution is 0.587. The third kappa shape index (κ3) is 4.98. The van der Waals surface area contributed by atoms with Crippen LogP contribution in [0.5, 0.6) is 0 Å². The van der Waals surface area contributed by atoms with Gasteiger partial charge in [0.25, 0.3) is 0 Å². The third-order valence-electron chi connectivity index (χ3n) is 4.43. The summed E-state index contributed by atoms with van der Waals surface area (Å²) in [6.07, 6.45) is 2.67. The smallest absolute Gasteiger partial charge is 0.219 e. The van der Waals surface area contributed by atoms with E-state index in [-0.39, 0.29) is 15.2 Å². The van der Waals surface area contributed by atoms with Crippen molar-refractivity contribution in [3.05, 3.63) is 69.6 Å². The molecule has 0 aliphatic carbocycles. The van der Waals surface area contributed by atoms with Crippen LogP contribution in [0.15, 0.2) is 63.4 Å². The van der Waals surface area contributed by atoms with Gasteiger partial charge in [0.15, 0.2) is 4.91 Å². The molecule has 0 aliphatic rings. The molecule has 2 rings (SSSR count). The van der Waals surface area contributed by atoms with Crippen LogP contribution in [-0.2, 0) is 21.7 Å². The Bertz CT molecular complexity index is 992. The number of rotatable bonds is 6. The van der Waals surface area contributed by atoms with Gasteiger partial charge in [-0.1, -0.05) is 52.0 Å². The fourth-order valence-corrected chi connectivity index (χ4v) is 4.82. The maximum Gasteiger partial charge on any atom is 0.219 e. The number of sulfone groups is 1. The Morgan fingerprint density at radius 1 is 1.07 bits per heavy atom. The van der Waals surface area contributed by atoms with Crippen LogP contribution >= 0.6 is 11.8 Å². The Hall–Kier alpha value is -2.23. The molecule has 0 atom stereocenters. The van der Waals surface area contributed by atoms with Crippen molar-refractivity contribution in [3.63, 3.8) is 0 Å². The van der Waals surface area contributed by atoms with Gasteiger partial charge in [-0.3, -0.25) is 0 Å². The van der Waals surface area contributed by atoms with Gasteiger partial charge in [0, 0.05) is 5.69 Å². The van der Waals surface area contributed by atoms with E-state index in [0.717, 1.165) is 17.7 Å². The molecule has 2 aromatic carbocycles. The second kappa shape index (κ2) is 8.85. The number of nitriles is 1. The number of thioether (sulfide) groups is 1. The maximum absolute atomic E-state index is 13.1. The Morgan fingerprint density at radius 2 is 1.64 bits per heavy atom. The Morgan fingerprint density at radius 3 is 2.07 bits per heavy atom. The van der Waals surface area contributed by atoms with Crippen molar-refractivity contribution in [2.24, 2.45) is 0 Å². The summed E-state index contributed by atoms with van der Waals surface area (Å²) in [5, 5.41) is 13.0. The van der Waals surface area contributed by atoms with Gasteiger partial charge in [-0.2, -0.15) is 5.26 Å². The van der Waals surface area contributed by atoms with Gasteiger partial charge in [0.1, 0.15) is 11.1 Å². The van der Waals surface area contributed by atoms with E-state index in [1.54, 1.807) is 30.5 Å². The highest BCUT2D eigenvalue weighted by Crippen LogP contribution is 2.30. The fourth-order valence-electron chi connectivity index (χ4n) is 2.64. The monoisotopic (exact) mass is 414 g/mol. The highest BCUT2D eigenvalue weighted by molar-refractivity contribution is 8.04. The first-order valence-electron chi connectivity index (χ1n) is 9.03. The number of hydrogen-bond acceptors (Lipinski definition) is 5. The first kappa shape index (κ1) is 22.1. The number of allylic oxidation sites excluding steroid dienone is 1. The summed E-state index contributed by atoms with van der Waals surface area (Å²) in [4.78, 5) is -0.158. The summed E-state index contributed by atoms with van der Waals surface area (Å²) >= 11 is 1.20. The molecule has 4 nitrogen and oxygen atoms in total. The standard InChI is InChI=1S/C22H26N2O2S2/c1-6-16-7-11-18(12-8-16)24-21(27-5)20(15-23)28(25,26)19-13-9-17(10-14-19)22(2,3)4/h7-14,24H,6H2,1-5H3/b21-20-. The number of nitrogens with zero attached hydrogens (tertiary/aromatic N) is 1. The van der Waals surface area contributed by atoms with E-state index < -0.39 is 9.84 Å². The lowest BCUT2D eigenvalue weighted by atomic mass is 9.87. The van der Waals surface area contributed by atoms with Crippen LogP contribution in [0, 0.1) is 11.3 Å². The molecular weight excluding hydrogens is 388 g/mol. The third-order valence-corrected chi connectivity index (χ3v) is 7.00. The molecule has 28 heavy (non-hydrogen) atoms. The highest BCUT2D eigenvalue weighted by Gasteiger charge is 2.26. The first-order chi connectivity index (χ1) is 13.1. The molecule has 148 valence electrons. The van der Waals surface area contributed by atoms with E-state index in [0.29, 0.717) is 5.03 Å². The van der Waals surface area contributed by atoms with Gasteiger partial charge in [-0.05, 0) is 53.5 Å². The van der Waals surface area contributed by atoms with Crippen molar-refractivity contribution in [2.75, 3.05) is 11.6 Å². The molecule has 0 heterocycles. The average Bonchev–Trinajstić information content (AvgIpc) is 2.67. The maximum atomic E-state index is 13.1. The van der Waals surface area contributed by atoms with Crippen LogP contribution in [-0.4, -0.2) is 14.7 Å². The van der Waals surface area contributed by atoms with Crippen molar-refractivity contribution < 1.29 is 8.42 Å². The number of benzene rings is 2. The summed E-state index contributed by atoms with van der Waals surface area (Å²) in [5.41, 5.74) is 2.89. The van der Waals surface area contributed by atoms with Crippen molar-refractivity contribution in [2.45, 2.75) is 44.4 Å². The van der Waals surface area contributed by atoms with Crippen molar-refractivity contribution in [3.8, 4) is 6.07 Å². The Labute approximate surface area is 172 Å². The lowest BCUT2D eigenvalue weighted by Crippen LogP contribution is -2.13. The van der Waals surface area contributed by atoms with Gasteiger partial charge in [0.05, 0.1) is 4.90 Å². The summed E-state index contributed by atoms with van der Waals surface area (Å²) in [7, 11) is -3.92. The number of aryl methyl sites for hydroxylation is 1. The predicted molar refractivity (Wildman–Crippen MR) is 118 cm³/mol. The quantitative estimate of drug-likeness (QED) is 0.633. The molecular formula is C22H26N2O2S2. The summed E-state index contributed by atoms with van der Waals surface area (Å²) in [5.74, 6) is 0. The molecule has 1 N–H and O–H groups in total. The van der Waals surface area contributed by atoms with Gasteiger partial charge < -0.3 is 5.32 Å². The normalized spacial score (nSPS) is 12.9. The molecule has 0 unspecified atom stereocenters. The van der Waals surface area contributed by atoms with Crippen LogP contribution in [0.2, 0.25) is 0 Å². The molecule has 0 bridgehead atoms. The first-order valence-corrected chi connectivity index (χ1v) is 11.7. The van der Waals surface area contributed by atoms with Gasteiger partial charge in [-0.15, -0.1) is 11.8 Å². The molecule has 0 radical (unpaired) electrons. The van der Waals surface area contributed by atoms with Crippen LogP contribution in [0.4, 0.5) is 5.69 Å².